The molecule has 0 bridgehead atoms. The lowest BCUT2D eigenvalue weighted by Gasteiger charge is -2.20. The Bertz CT molecular complexity index is 2970. The molecule has 1 nitrogen and oxygen atoms in total. The van der Waals surface area contributed by atoms with E-state index in [0.29, 0.717) is 38.8 Å². The van der Waals surface area contributed by atoms with Crippen molar-refractivity contribution >= 4 is 43.5 Å². The number of fused-ring (bicyclic) bond motifs is 8. The second-order valence-corrected chi connectivity index (χ2v) is 11.7. The predicted molar refractivity (Wildman–Crippen MR) is 192 cm³/mol. The number of furan rings is 1. The van der Waals surface area contributed by atoms with Crippen LogP contribution in [0.3, 0.4) is 0 Å². The van der Waals surface area contributed by atoms with Crippen molar-refractivity contribution in [1.29, 1.82) is 0 Å². The first-order valence-corrected chi connectivity index (χ1v) is 15.3. The Balaban J connectivity index is 1.44. The third-order valence-corrected chi connectivity index (χ3v) is 9.41. The highest BCUT2D eigenvalue weighted by molar-refractivity contribution is 6.26. The molecule has 1 aliphatic rings. The van der Waals surface area contributed by atoms with Crippen molar-refractivity contribution in [2.24, 2.45) is 0 Å². The van der Waals surface area contributed by atoms with Crippen LogP contribution in [0.1, 0.15) is 33.6 Å². The van der Waals surface area contributed by atoms with E-state index in [-0.39, 0.29) is 51.6 Å². The standard InChI is InChI=1S/C45H28O/c1-2-14-28(15-3-1)41-33-20-8-10-22-35(33)42(36-23-11-9-21-34(36)41)38-26-27-39(45-44(38)37-24-12-13-25-40(37)46-45)43-31-18-6-4-16-29(31)30-17-5-7-19-32(30)43/h1-27,43H/i8D,9D,10D,11D,20D,21D,22D,23D. The average Bonchev–Trinajstić information content (AvgIpc) is 3.76. The summed E-state index contributed by atoms with van der Waals surface area (Å²) in [5.74, 6) is -0.168. The summed E-state index contributed by atoms with van der Waals surface area (Å²) in [7, 11) is 0. The largest absolute Gasteiger partial charge is 0.456 e. The molecule has 9 aromatic rings. The van der Waals surface area contributed by atoms with Crippen molar-refractivity contribution in [3.05, 3.63) is 180 Å². The monoisotopic (exact) mass is 592 g/mol. The van der Waals surface area contributed by atoms with Gasteiger partial charge in [-0.05, 0) is 72.1 Å². The molecule has 1 heteroatoms. The molecule has 0 fully saturated rings. The molecule has 214 valence electrons. The third-order valence-electron chi connectivity index (χ3n) is 9.41. The molecule has 46 heavy (non-hydrogen) atoms. The van der Waals surface area contributed by atoms with Crippen LogP contribution in [-0.4, -0.2) is 0 Å². The van der Waals surface area contributed by atoms with Crippen molar-refractivity contribution in [2.45, 2.75) is 5.92 Å². The van der Waals surface area contributed by atoms with Crippen molar-refractivity contribution in [2.75, 3.05) is 0 Å². The molecular formula is C45H28O. The molecule has 1 aliphatic carbocycles. The Kier molecular flexibility index (Phi) is 4.00. The normalized spacial score (nSPS) is 15.1. The van der Waals surface area contributed by atoms with Gasteiger partial charge in [0.1, 0.15) is 11.2 Å². The molecule has 1 heterocycles. The van der Waals surface area contributed by atoms with E-state index in [1.54, 1.807) is 24.3 Å². The topological polar surface area (TPSA) is 13.1 Å². The Morgan fingerprint density at radius 2 is 0.978 bits per heavy atom. The zero-order valence-corrected chi connectivity index (χ0v) is 24.5. The van der Waals surface area contributed by atoms with E-state index in [9.17, 15) is 5.48 Å². The molecule has 0 amide bonds. The van der Waals surface area contributed by atoms with E-state index in [2.05, 4.69) is 24.3 Å². The number of benzene rings is 8. The molecule has 0 saturated heterocycles. The molecule has 0 atom stereocenters. The highest BCUT2D eigenvalue weighted by Gasteiger charge is 2.32. The van der Waals surface area contributed by atoms with Crippen LogP contribution < -0.4 is 0 Å². The number of para-hydroxylation sites is 1. The Labute approximate surface area is 278 Å². The summed E-state index contributed by atoms with van der Waals surface area (Å²) in [4.78, 5) is 0. The molecule has 0 saturated carbocycles. The Morgan fingerprint density at radius 3 is 1.63 bits per heavy atom. The first-order chi connectivity index (χ1) is 26.2. The second kappa shape index (κ2) is 9.79. The van der Waals surface area contributed by atoms with Gasteiger partial charge in [-0.15, -0.1) is 0 Å². The molecule has 8 aromatic carbocycles. The van der Waals surface area contributed by atoms with Gasteiger partial charge < -0.3 is 4.42 Å². The van der Waals surface area contributed by atoms with E-state index in [0.717, 1.165) is 33.2 Å². The van der Waals surface area contributed by atoms with E-state index >= 15 is 0 Å². The highest BCUT2D eigenvalue weighted by Crippen LogP contribution is 2.52. The Morgan fingerprint density at radius 1 is 0.435 bits per heavy atom. The van der Waals surface area contributed by atoms with Crippen LogP contribution in [0.5, 0.6) is 0 Å². The van der Waals surface area contributed by atoms with Gasteiger partial charge in [0.05, 0.1) is 11.0 Å². The fourth-order valence-electron chi connectivity index (χ4n) is 7.56. The smallest absolute Gasteiger partial charge is 0.140 e. The third kappa shape index (κ3) is 3.51. The minimum Gasteiger partial charge on any atom is -0.456 e. The summed E-state index contributed by atoms with van der Waals surface area (Å²) in [6.45, 7) is 0. The van der Waals surface area contributed by atoms with Gasteiger partial charge in [0.25, 0.3) is 0 Å². The lowest BCUT2D eigenvalue weighted by atomic mass is 9.83. The van der Waals surface area contributed by atoms with Gasteiger partial charge in [-0.1, -0.05) is 158 Å². The summed E-state index contributed by atoms with van der Waals surface area (Å²) in [5.41, 5.74) is 8.45. The van der Waals surface area contributed by atoms with E-state index in [4.69, 9.17) is 9.90 Å². The minimum atomic E-state index is -0.433. The quantitative estimate of drug-likeness (QED) is 0.186. The molecule has 10 rings (SSSR count). The van der Waals surface area contributed by atoms with Crippen LogP contribution in [0.4, 0.5) is 0 Å². The van der Waals surface area contributed by atoms with Crippen molar-refractivity contribution < 1.29 is 15.4 Å². The first kappa shape index (κ1) is 18.8. The van der Waals surface area contributed by atoms with Crippen molar-refractivity contribution in [3.8, 4) is 33.4 Å². The van der Waals surface area contributed by atoms with Crippen LogP contribution >= 0.6 is 0 Å². The van der Waals surface area contributed by atoms with Crippen LogP contribution in [0.2, 0.25) is 0 Å². The SMILES string of the molecule is [2H]c1c([2H])c([2H])c2c(-c3ccc(C4c5ccccc5-c5ccccc54)c4oc5ccccc5c34)c3c([2H])c([2H])c([2H])c([2H])c3c(-c3ccccc3)c2c1[2H]. The Hall–Kier alpha value is -5.92. The fourth-order valence-corrected chi connectivity index (χ4v) is 7.56. The number of hydrogen-bond donors (Lipinski definition) is 0. The zero-order chi connectivity index (χ0) is 37.2. The summed E-state index contributed by atoms with van der Waals surface area (Å²) in [6, 6.07) is 34.4. The van der Waals surface area contributed by atoms with Gasteiger partial charge in [-0.25, -0.2) is 0 Å². The maximum Gasteiger partial charge on any atom is 0.140 e. The van der Waals surface area contributed by atoms with Gasteiger partial charge in [-0.3, -0.25) is 0 Å². The summed E-state index contributed by atoms with van der Waals surface area (Å²) in [5, 5.41) is 2.19. The van der Waals surface area contributed by atoms with Crippen LogP contribution in [0.25, 0.3) is 76.9 Å². The molecule has 0 spiro atoms. The molecule has 1 aromatic heterocycles. The van der Waals surface area contributed by atoms with Crippen LogP contribution in [-0.2, 0) is 0 Å². The zero-order valence-electron chi connectivity index (χ0n) is 32.5. The van der Waals surface area contributed by atoms with Gasteiger partial charge in [0, 0.05) is 22.3 Å². The molecule has 0 radical (unpaired) electrons. The molecule has 0 unspecified atom stereocenters. The molecular weight excluding hydrogens is 556 g/mol. The van der Waals surface area contributed by atoms with E-state index in [1.807, 2.05) is 66.7 Å². The average molecular weight is 593 g/mol. The van der Waals surface area contributed by atoms with E-state index in [1.165, 1.54) is 0 Å². The second-order valence-electron chi connectivity index (χ2n) is 11.7. The van der Waals surface area contributed by atoms with Gasteiger partial charge in [0.2, 0.25) is 0 Å². The maximum absolute atomic E-state index is 9.44. The number of hydrogen-bond acceptors (Lipinski definition) is 1. The first-order valence-electron chi connectivity index (χ1n) is 19.3. The van der Waals surface area contributed by atoms with E-state index < -0.39 is 24.2 Å². The van der Waals surface area contributed by atoms with Gasteiger partial charge in [0.15, 0.2) is 0 Å². The predicted octanol–water partition coefficient (Wildman–Crippen LogP) is 12.4. The summed E-state index contributed by atoms with van der Waals surface area (Å²) < 4.78 is 79.6. The lowest BCUT2D eigenvalue weighted by molar-refractivity contribution is 0.661. The summed E-state index contributed by atoms with van der Waals surface area (Å²) in [6.07, 6.45) is 0. The lowest BCUT2D eigenvalue weighted by Crippen LogP contribution is -2.00. The molecule has 0 aliphatic heterocycles. The summed E-state index contributed by atoms with van der Waals surface area (Å²) >= 11 is 0. The van der Waals surface area contributed by atoms with Crippen LogP contribution in [0.15, 0.2) is 168 Å². The fraction of sp³-hybridized carbons (Fsp3) is 0.0222. The molecule has 0 N–H and O–H groups in total. The van der Waals surface area contributed by atoms with Gasteiger partial charge >= 0.3 is 0 Å². The van der Waals surface area contributed by atoms with Crippen molar-refractivity contribution in [1.82, 2.24) is 0 Å². The maximum atomic E-state index is 9.44. The highest BCUT2D eigenvalue weighted by atomic mass is 16.3. The minimum absolute atomic E-state index is 0.168. The van der Waals surface area contributed by atoms with Crippen LogP contribution in [0, 0.1) is 0 Å². The number of rotatable bonds is 3. The van der Waals surface area contributed by atoms with Crippen molar-refractivity contribution in [3.63, 3.8) is 0 Å². The van der Waals surface area contributed by atoms with Gasteiger partial charge in [-0.2, -0.15) is 0 Å².